The van der Waals surface area contributed by atoms with Crippen LogP contribution in [0.5, 0.6) is 0 Å². The van der Waals surface area contributed by atoms with Crippen molar-refractivity contribution in [2.45, 2.75) is 57.9 Å². The summed E-state index contributed by atoms with van der Waals surface area (Å²) in [5.41, 5.74) is 4.67. The topological polar surface area (TPSA) is 51.0 Å². The molecular formula is C24H28N4OS. The minimum absolute atomic E-state index is 0.172. The highest BCUT2D eigenvalue weighted by Crippen LogP contribution is 2.30. The number of aromatic nitrogens is 3. The monoisotopic (exact) mass is 420 g/mol. The summed E-state index contributed by atoms with van der Waals surface area (Å²) < 4.78 is 2.09. The quantitative estimate of drug-likeness (QED) is 0.488. The average molecular weight is 421 g/mol. The van der Waals surface area contributed by atoms with Gasteiger partial charge in [-0.15, -0.1) is 10.2 Å². The number of thioether (sulfide) groups is 1. The Morgan fingerprint density at radius 1 is 1.10 bits per heavy atom. The van der Waals surface area contributed by atoms with Crippen molar-refractivity contribution in [3.63, 3.8) is 0 Å². The summed E-state index contributed by atoms with van der Waals surface area (Å²) in [6.07, 6.45) is 2.20. The van der Waals surface area contributed by atoms with Crippen molar-refractivity contribution in [3.05, 3.63) is 65.2 Å². The Morgan fingerprint density at radius 3 is 2.53 bits per heavy atom. The van der Waals surface area contributed by atoms with Crippen LogP contribution in [0.1, 0.15) is 36.5 Å². The summed E-state index contributed by atoms with van der Waals surface area (Å²) >= 11 is 1.48. The molecule has 1 aliphatic carbocycles. The number of carbonyl (C=O) groups excluding carboxylic acids is 1. The number of nitrogens with zero attached hydrogens (tertiary/aromatic N) is 4. The lowest BCUT2D eigenvalue weighted by Gasteiger charge is -2.22. The summed E-state index contributed by atoms with van der Waals surface area (Å²) in [7, 11) is 0. The second-order valence-electron chi connectivity index (χ2n) is 7.95. The van der Waals surface area contributed by atoms with Crippen LogP contribution in [0.15, 0.2) is 53.7 Å². The van der Waals surface area contributed by atoms with Crippen LogP contribution in [0, 0.1) is 13.8 Å². The van der Waals surface area contributed by atoms with Gasteiger partial charge in [-0.05, 0) is 45.2 Å². The molecule has 1 heterocycles. The van der Waals surface area contributed by atoms with E-state index in [9.17, 15) is 4.79 Å². The van der Waals surface area contributed by atoms with E-state index < -0.39 is 0 Å². The van der Waals surface area contributed by atoms with Gasteiger partial charge in [0.2, 0.25) is 5.91 Å². The molecule has 0 atom stereocenters. The van der Waals surface area contributed by atoms with Crippen LogP contribution in [0.4, 0.5) is 0 Å². The van der Waals surface area contributed by atoms with Gasteiger partial charge in [-0.1, -0.05) is 65.4 Å². The van der Waals surface area contributed by atoms with Gasteiger partial charge in [0.25, 0.3) is 0 Å². The van der Waals surface area contributed by atoms with Crippen LogP contribution in [-0.4, -0.2) is 37.4 Å². The van der Waals surface area contributed by atoms with Gasteiger partial charge in [0, 0.05) is 24.7 Å². The van der Waals surface area contributed by atoms with Gasteiger partial charge in [-0.3, -0.25) is 4.79 Å². The lowest BCUT2D eigenvalue weighted by molar-refractivity contribution is -0.129. The van der Waals surface area contributed by atoms with Gasteiger partial charge in [-0.2, -0.15) is 0 Å². The van der Waals surface area contributed by atoms with E-state index in [-0.39, 0.29) is 5.91 Å². The highest BCUT2D eigenvalue weighted by Gasteiger charge is 2.32. The first-order valence-electron chi connectivity index (χ1n) is 10.5. The van der Waals surface area contributed by atoms with Crippen LogP contribution in [0.3, 0.4) is 0 Å². The van der Waals surface area contributed by atoms with Gasteiger partial charge in [0.05, 0.1) is 5.75 Å². The molecule has 0 saturated heterocycles. The Labute approximate surface area is 182 Å². The first-order valence-corrected chi connectivity index (χ1v) is 11.5. The molecular weight excluding hydrogens is 392 g/mol. The Morgan fingerprint density at radius 2 is 1.87 bits per heavy atom. The van der Waals surface area contributed by atoms with Gasteiger partial charge >= 0.3 is 0 Å². The summed E-state index contributed by atoms with van der Waals surface area (Å²) in [5, 5.41) is 9.59. The van der Waals surface area contributed by atoms with Crippen molar-refractivity contribution in [1.82, 2.24) is 19.7 Å². The maximum absolute atomic E-state index is 13.0. The molecule has 1 amide bonds. The van der Waals surface area contributed by atoms with E-state index in [0.717, 1.165) is 35.9 Å². The van der Waals surface area contributed by atoms with Crippen molar-refractivity contribution >= 4 is 17.7 Å². The molecule has 1 aromatic heterocycles. The zero-order valence-electron chi connectivity index (χ0n) is 17.8. The van der Waals surface area contributed by atoms with Crippen LogP contribution in [-0.2, 0) is 17.9 Å². The molecule has 0 bridgehead atoms. The SMILES string of the molecule is CCn1c(SCC(=O)N(Cc2ccc(C)cc2)C2CC2)nnc1-c1cccc(C)c1. The van der Waals surface area contributed by atoms with Crippen LogP contribution in [0.2, 0.25) is 0 Å². The van der Waals surface area contributed by atoms with Crippen molar-refractivity contribution in [1.29, 1.82) is 0 Å². The maximum atomic E-state index is 13.0. The number of carbonyl (C=O) groups is 1. The Bertz CT molecular complexity index is 1020. The van der Waals surface area contributed by atoms with Crippen molar-refractivity contribution in [3.8, 4) is 11.4 Å². The largest absolute Gasteiger partial charge is 0.335 e. The Balaban J connectivity index is 1.45. The molecule has 6 heteroatoms. The molecule has 4 rings (SSSR count). The van der Waals surface area contributed by atoms with E-state index >= 15 is 0 Å². The summed E-state index contributed by atoms with van der Waals surface area (Å²) in [4.78, 5) is 15.1. The van der Waals surface area contributed by atoms with E-state index in [4.69, 9.17) is 0 Å². The van der Waals surface area contributed by atoms with Gasteiger partial charge in [-0.25, -0.2) is 0 Å². The van der Waals surface area contributed by atoms with E-state index in [1.165, 1.54) is 28.5 Å². The number of benzene rings is 2. The highest BCUT2D eigenvalue weighted by atomic mass is 32.2. The number of rotatable bonds is 8. The molecule has 1 aliphatic rings. The van der Waals surface area contributed by atoms with Gasteiger partial charge in [0.15, 0.2) is 11.0 Å². The maximum Gasteiger partial charge on any atom is 0.233 e. The fourth-order valence-corrected chi connectivity index (χ4v) is 4.47. The lowest BCUT2D eigenvalue weighted by atomic mass is 10.1. The summed E-state index contributed by atoms with van der Waals surface area (Å²) in [6, 6.07) is 17.1. The molecule has 156 valence electrons. The number of aryl methyl sites for hydroxylation is 2. The predicted molar refractivity (Wildman–Crippen MR) is 121 cm³/mol. The molecule has 0 N–H and O–H groups in total. The van der Waals surface area contributed by atoms with Crippen molar-refractivity contribution in [2.24, 2.45) is 0 Å². The molecule has 0 unspecified atom stereocenters. The second-order valence-corrected chi connectivity index (χ2v) is 8.89. The lowest BCUT2D eigenvalue weighted by Crippen LogP contribution is -2.34. The predicted octanol–water partition coefficient (Wildman–Crippen LogP) is 4.87. The molecule has 2 aromatic carbocycles. The van der Waals surface area contributed by atoms with E-state index in [2.05, 4.69) is 78.0 Å². The normalized spacial score (nSPS) is 13.4. The molecule has 0 spiro atoms. The molecule has 3 aromatic rings. The fraction of sp³-hybridized carbons (Fsp3) is 0.375. The molecule has 1 saturated carbocycles. The van der Waals surface area contributed by atoms with E-state index in [0.29, 0.717) is 18.3 Å². The molecule has 1 fully saturated rings. The highest BCUT2D eigenvalue weighted by molar-refractivity contribution is 7.99. The van der Waals surface area contributed by atoms with Gasteiger partial charge < -0.3 is 9.47 Å². The number of hydrogen-bond donors (Lipinski definition) is 0. The average Bonchev–Trinajstić information content (AvgIpc) is 3.50. The third kappa shape index (κ3) is 4.75. The van der Waals surface area contributed by atoms with Crippen LogP contribution < -0.4 is 0 Å². The zero-order chi connectivity index (χ0) is 21.1. The Kier molecular flexibility index (Phi) is 6.23. The first kappa shape index (κ1) is 20.7. The van der Waals surface area contributed by atoms with E-state index in [1.807, 2.05) is 11.0 Å². The molecule has 0 radical (unpaired) electrons. The van der Waals surface area contributed by atoms with E-state index in [1.54, 1.807) is 0 Å². The second kappa shape index (κ2) is 9.04. The summed E-state index contributed by atoms with van der Waals surface area (Å²) in [5.74, 6) is 1.41. The first-order chi connectivity index (χ1) is 14.5. The standard InChI is InChI=1S/C24H28N4OS/c1-4-27-23(20-7-5-6-18(3)14-20)25-26-24(27)30-16-22(29)28(21-12-13-21)15-19-10-8-17(2)9-11-19/h5-11,14,21H,4,12-13,15-16H2,1-3H3. The van der Waals surface area contributed by atoms with Gasteiger partial charge in [0.1, 0.15) is 0 Å². The molecule has 5 nitrogen and oxygen atoms in total. The smallest absolute Gasteiger partial charge is 0.233 e. The number of hydrogen-bond acceptors (Lipinski definition) is 4. The van der Waals surface area contributed by atoms with Crippen molar-refractivity contribution in [2.75, 3.05) is 5.75 Å². The third-order valence-electron chi connectivity index (χ3n) is 5.42. The zero-order valence-corrected chi connectivity index (χ0v) is 18.7. The number of amides is 1. The summed E-state index contributed by atoms with van der Waals surface area (Å²) in [6.45, 7) is 7.69. The minimum Gasteiger partial charge on any atom is -0.335 e. The van der Waals surface area contributed by atoms with Crippen molar-refractivity contribution < 1.29 is 4.79 Å². The fourth-order valence-electron chi connectivity index (χ4n) is 3.58. The minimum atomic E-state index is 0.172. The Hall–Kier alpha value is -2.60. The molecule has 30 heavy (non-hydrogen) atoms. The van der Waals surface area contributed by atoms with Crippen LogP contribution in [0.25, 0.3) is 11.4 Å². The molecule has 0 aliphatic heterocycles. The third-order valence-corrected chi connectivity index (χ3v) is 6.37. The van der Waals surface area contributed by atoms with Crippen LogP contribution >= 0.6 is 11.8 Å².